The number of carbonyl (C=O) groups excluding carboxylic acids is 1. The summed E-state index contributed by atoms with van der Waals surface area (Å²) in [4.78, 5) is 21.1. The van der Waals surface area contributed by atoms with Crippen LogP contribution >= 0.6 is 0 Å². The number of aliphatic imine (C=N–C) groups is 1. The van der Waals surface area contributed by atoms with Crippen molar-refractivity contribution < 1.29 is 4.79 Å². The number of ketones is 1. The molecule has 1 fully saturated rings. The first kappa shape index (κ1) is 19.1. The van der Waals surface area contributed by atoms with Gasteiger partial charge in [-0.25, -0.2) is 0 Å². The highest BCUT2D eigenvalue weighted by atomic mass is 16.1. The van der Waals surface area contributed by atoms with E-state index in [1.807, 2.05) is 12.2 Å². The molecule has 0 amide bonds. The molecule has 4 aliphatic rings. The summed E-state index contributed by atoms with van der Waals surface area (Å²) in [6, 6.07) is 4.41. The number of terminal acetylenes is 1. The maximum atomic E-state index is 13.7. The lowest BCUT2D eigenvalue weighted by molar-refractivity contribution is 0.103. The maximum Gasteiger partial charge on any atom is 0.195 e. The second-order valence-corrected chi connectivity index (χ2v) is 8.92. The third-order valence-corrected chi connectivity index (χ3v) is 6.86. The molecule has 0 aromatic heterocycles. The van der Waals surface area contributed by atoms with Crippen LogP contribution in [-0.4, -0.2) is 37.7 Å². The second-order valence-electron chi connectivity index (χ2n) is 8.92. The van der Waals surface area contributed by atoms with Crippen molar-refractivity contribution in [1.82, 2.24) is 5.32 Å². The molecule has 152 valence electrons. The lowest BCUT2D eigenvalue weighted by Crippen LogP contribution is -2.44. The van der Waals surface area contributed by atoms with E-state index in [0.717, 1.165) is 71.9 Å². The van der Waals surface area contributed by atoms with Crippen molar-refractivity contribution >= 4 is 17.2 Å². The van der Waals surface area contributed by atoms with Gasteiger partial charge in [-0.2, -0.15) is 0 Å². The van der Waals surface area contributed by atoms with Gasteiger partial charge in [0.1, 0.15) is 0 Å². The van der Waals surface area contributed by atoms with E-state index in [4.69, 9.17) is 11.4 Å². The van der Waals surface area contributed by atoms with Crippen molar-refractivity contribution in [3.05, 3.63) is 63.4 Å². The number of nitrogens with one attached hydrogen (secondary N) is 1. The average Bonchev–Trinajstić information content (AvgIpc) is 3.17. The largest absolute Gasteiger partial charge is 0.369 e. The second kappa shape index (κ2) is 6.82. The smallest absolute Gasteiger partial charge is 0.195 e. The number of hydrogen-bond donors (Lipinski definition) is 1. The minimum atomic E-state index is -0.338. The van der Waals surface area contributed by atoms with E-state index < -0.39 is 0 Å². The van der Waals surface area contributed by atoms with Crippen molar-refractivity contribution in [1.29, 1.82) is 0 Å². The number of piperazine rings is 1. The van der Waals surface area contributed by atoms with Crippen molar-refractivity contribution in [2.24, 2.45) is 4.99 Å². The van der Waals surface area contributed by atoms with Crippen LogP contribution in [0.25, 0.3) is 0 Å². The van der Waals surface area contributed by atoms with E-state index in [1.54, 1.807) is 0 Å². The molecule has 1 aromatic rings. The standard InChI is InChI=1S/C26H27N3O/c1-5-16-7-8-18-21(13-16)28-25-23(18)24(30)19-14-17(6-2)22(15-20(19)26(25,3)4)29-11-9-27-10-12-29/h1,7,13-15,27H,6,8-12H2,2-4H3. The Bertz CT molecular complexity index is 1130. The number of nitrogens with zero attached hydrogens (tertiary/aromatic N) is 2. The van der Waals surface area contributed by atoms with Crippen LogP contribution in [0.15, 0.2) is 51.7 Å². The Kier molecular flexibility index (Phi) is 4.34. The fraction of sp³-hybridized carbons (Fsp3) is 0.385. The molecule has 5 rings (SSSR count). The van der Waals surface area contributed by atoms with Crippen LogP contribution in [0.5, 0.6) is 0 Å². The van der Waals surface area contributed by atoms with E-state index in [9.17, 15) is 4.79 Å². The van der Waals surface area contributed by atoms with Crippen LogP contribution < -0.4 is 10.2 Å². The number of fused-ring (bicyclic) bond motifs is 3. The Morgan fingerprint density at radius 2 is 2.03 bits per heavy atom. The van der Waals surface area contributed by atoms with Gasteiger partial charge in [-0.3, -0.25) is 9.79 Å². The molecule has 4 heteroatoms. The van der Waals surface area contributed by atoms with Gasteiger partial charge in [0.05, 0.1) is 17.0 Å². The lowest BCUT2D eigenvalue weighted by atomic mass is 9.67. The number of benzene rings is 1. The molecule has 2 aliphatic heterocycles. The molecule has 2 aliphatic carbocycles. The first-order valence-electron chi connectivity index (χ1n) is 10.8. The van der Waals surface area contributed by atoms with Crippen LogP contribution in [0.3, 0.4) is 0 Å². The van der Waals surface area contributed by atoms with Gasteiger partial charge in [-0.05, 0) is 47.8 Å². The molecule has 0 unspecified atom stereocenters. The molecule has 1 aromatic carbocycles. The van der Waals surface area contributed by atoms with E-state index in [0.29, 0.717) is 6.42 Å². The molecular weight excluding hydrogens is 370 g/mol. The summed E-state index contributed by atoms with van der Waals surface area (Å²) in [5, 5.41) is 3.43. The fourth-order valence-corrected chi connectivity index (χ4v) is 5.14. The molecule has 1 N–H and O–H groups in total. The van der Waals surface area contributed by atoms with E-state index in [1.165, 1.54) is 11.3 Å². The zero-order valence-electron chi connectivity index (χ0n) is 17.9. The summed E-state index contributed by atoms with van der Waals surface area (Å²) < 4.78 is 0. The van der Waals surface area contributed by atoms with Gasteiger partial charge < -0.3 is 10.2 Å². The fourth-order valence-electron chi connectivity index (χ4n) is 5.14. The summed E-state index contributed by atoms with van der Waals surface area (Å²) in [6.45, 7) is 10.5. The third kappa shape index (κ3) is 2.66. The third-order valence-electron chi connectivity index (χ3n) is 6.86. The Hall–Kier alpha value is -2.90. The van der Waals surface area contributed by atoms with E-state index in [2.05, 4.69) is 49.0 Å². The number of carbonyl (C=O) groups is 1. The first-order valence-corrected chi connectivity index (χ1v) is 10.8. The van der Waals surface area contributed by atoms with Gasteiger partial charge in [-0.1, -0.05) is 32.8 Å². The van der Waals surface area contributed by atoms with Crippen LogP contribution in [0.1, 0.15) is 48.7 Å². The van der Waals surface area contributed by atoms with Crippen LogP contribution in [-0.2, 0) is 11.8 Å². The van der Waals surface area contributed by atoms with Crippen molar-refractivity contribution in [2.75, 3.05) is 31.1 Å². The van der Waals surface area contributed by atoms with E-state index >= 15 is 0 Å². The predicted molar refractivity (Wildman–Crippen MR) is 122 cm³/mol. The summed E-state index contributed by atoms with van der Waals surface area (Å²) in [6.07, 6.45) is 11.1. The Morgan fingerprint density at radius 1 is 1.27 bits per heavy atom. The Balaban J connectivity index is 1.69. The number of hydrogen-bond acceptors (Lipinski definition) is 4. The number of Topliss-reactive ketones (excluding diaryl/α,β-unsaturated/α-hetero) is 1. The topological polar surface area (TPSA) is 44.7 Å². The number of anilines is 1. The van der Waals surface area contributed by atoms with Crippen molar-refractivity contribution in [2.45, 2.75) is 39.0 Å². The van der Waals surface area contributed by atoms with Gasteiger partial charge in [0.25, 0.3) is 0 Å². The quantitative estimate of drug-likeness (QED) is 0.774. The predicted octanol–water partition coefficient (Wildman–Crippen LogP) is 3.73. The molecular formula is C26H27N3O. The Morgan fingerprint density at radius 3 is 2.73 bits per heavy atom. The molecule has 0 saturated carbocycles. The van der Waals surface area contributed by atoms with Crippen LogP contribution in [0.2, 0.25) is 0 Å². The van der Waals surface area contributed by atoms with Gasteiger partial charge >= 0.3 is 0 Å². The van der Waals surface area contributed by atoms with Gasteiger partial charge in [0, 0.05) is 48.4 Å². The van der Waals surface area contributed by atoms with Crippen LogP contribution in [0.4, 0.5) is 5.69 Å². The maximum absolute atomic E-state index is 13.7. The van der Waals surface area contributed by atoms with Crippen molar-refractivity contribution in [3.63, 3.8) is 0 Å². The number of rotatable bonds is 2. The highest BCUT2D eigenvalue weighted by molar-refractivity contribution is 6.36. The minimum absolute atomic E-state index is 0.112. The van der Waals surface area contributed by atoms with Gasteiger partial charge in [-0.15, -0.1) is 6.42 Å². The van der Waals surface area contributed by atoms with E-state index in [-0.39, 0.29) is 11.2 Å². The summed E-state index contributed by atoms with van der Waals surface area (Å²) >= 11 is 0. The first-order chi connectivity index (χ1) is 14.5. The lowest BCUT2D eigenvalue weighted by Gasteiger charge is -2.37. The Labute approximate surface area is 178 Å². The molecule has 0 spiro atoms. The summed E-state index contributed by atoms with van der Waals surface area (Å²) in [5.74, 6) is 2.81. The molecule has 2 heterocycles. The SMILES string of the molecule is C#CC1=CCC2=C3C(=O)c4cc(CC)c(N5CCNCC5)cc4C(C)(C)C3=NC2=C1. The molecule has 30 heavy (non-hydrogen) atoms. The zero-order chi connectivity index (χ0) is 21.0. The monoisotopic (exact) mass is 397 g/mol. The average molecular weight is 398 g/mol. The summed E-state index contributed by atoms with van der Waals surface area (Å²) in [5.41, 5.74) is 8.52. The van der Waals surface area contributed by atoms with Gasteiger partial charge in [0.2, 0.25) is 0 Å². The minimum Gasteiger partial charge on any atom is -0.369 e. The van der Waals surface area contributed by atoms with Crippen LogP contribution in [0, 0.1) is 12.3 Å². The molecule has 4 nitrogen and oxygen atoms in total. The zero-order valence-corrected chi connectivity index (χ0v) is 17.9. The normalized spacial score (nSPS) is 21.9. The number of aryl methyl sites for hydroxylation is 1. The molecule has 0 atom stereocenters. The molecule has 1 saturated heterocycles. The molecule has 0 radical (unpaired) electrons. The highest BCUT2D eigenvalue weighted by Gasteiger charge is 2.46. The highest BCUT2D eigenvalue weighted by Crippen LogP contribution is 2.47. The summed E-state index contributed by atoms with van der Waals surface area (Å²) in [7, 11) is 0. The van der Waals surface area contributed by atoms with Gasteiger partial charge in [0.15, 0.2) is 5.78 Å². The van der Waals surface area contributed by atoms with Crippen molar-refractivity contribution in [3.8, 4) is 12.3 Å². The molecule has 0 bridgehead atoms. The number of allylic oxidation sites excluding steroid dienone is 5.